The molecule has 0 aliphatic heterocycles. The van der Waals surface area contributed by atoms with E-state index in [2.05, 4.69) is 5.32 Å². The average molecular weight is 401 g/mol. The van der Waals surface area contributed by atoms with Crippen LogP contribution in [0.15, 0.2) is 42.5 Å². The molecular weight excluding hydrogens is 385 g/mol. The summed E-state index contributed by atoms with van der Waals surface area (Å²) in [6, 6.07) is 11.4. The van der Waals surface area contributed by atoms with E-state index >= 15 is 0 Å². The molecule has 0 heterocycles. The number of carboxylic acids is 1. The van der Waals surface area contributed by atoms with Crippen molar-refractivity contribution in [2.45, 2.75) is 25.3 Å². The summed E-state index contributed by atoms with van der Waals surface area (Å²) >= 11 is 17.8. The van der Waals surface area contributed by atoms with Crippen molar-refractivity contribution in [3.05, 3.63) is 68.7 Å². The van der Waals surface area contributed by atoms with Crippen molar-refractivity contribution in [3.8, 4) is 0 Å². The minimum atomic E-state index is -0.983. The molecule has 1 amide bonds. The van der Waals surface area contributed by atoms with Crippen LogP contribution in [0, 0.1) is 0 Å². The third-order valence-electron chi connectivity index (χ3n) is 3.55. The van der Waals surface area contributed by atoms with Gasteiger partial charge in [0.2, 0.25) is 5.91 Å². The standard InChI is InChI=1S/C18H16Cl3NO3/c19-13-4-1-11(2-5-13)7-15(10-18(24)25)22-17(23)8-12-3-6-14(20)9-16(12)21/h1-6,9,15H,7-8,10H2,(H,22,23)(H,24,25)/t15-/m0/s1. The van der Waals surface area contributed by atoms with Gasteiger partial charge in [-0.05, 0) is 41.8 Å². The zero-order valence-electron chi connectivity index (χ0n) is 13.1. The van der Waals surface area contributed by atoms with Gasteiger partial charge in [-0.1, -0.05) is 53.0 Å². The number of carbonyl (C=O) groups excluding carboxylic acids is 1. The van der Waals surface area contributed by atoms with Crippen LogP contribution in [0.4, 0.5) is 0 Å². The summed E-state index contributed by atoms with van der Waals surface area (Å²) in [6.07, 6.45) is 0.263. The Bertz CT molecular complexity index is 763. The van der Waals surface area contributed by atoms with E-state index in [0.29, 0.717) is 27.1 Å². The van der Waals surface area contributed by atoms with E-state index in [0.717, 1.165) is 5.56 Å². The molecule has 2 N–H and O–H groups in total. The summed E-state index contributed by atoms with van der Waals surface area (Å²) < 4.78 is 0. The van der Waals surface area contributed by atoms with Gasteiger partial charge in [0.1, 0.15) is 0 Å². The van der Waals surface area contributed by atoms with E-state index in [1.54, 1.807) is 42.5 Å². The van der Waals surface area contributed by atoms with Gasteiger partial charge in [0.05, 0.1) is 12.8 Å². The molecule has 2 rings (SSSR count). The molecule has 0 bridgehead atoms. The molecule has 0 saturated carbocycles. The first-order valence-electron chi connectivity index (χ1n) is 7.53. The summed E-state index contributed by atoms with van der Waals surface area (Å²) in [6.45, 7) is 0. The molecule has 132 valence electrons. The van der Waals surface area contributed by atoms with Crippen molar-refractivity contribution < 1.29 is 14.7 Å². The zero-order chi connectivity index (χ0) is 18.4. The van der Waals surface area contributed by atoms with E-state index < -0.39 is 12.0 Å². The van der Waals surface area contributed by atoms with Gasteiger partial charge < -0.3 is 10.4 Å². The zero-order valence-corrected chi connectivity index (χ0v) is 15.4. The van der Waals surface area contributed by atoms with Gasteiger partial charge in [0, 0.05) is 21.1 Å². The third kappa shape index (κ3) is 6.58. The highest BCUT2D eigenvalue weighted by atomic mass is 35.5. The van der Waals surface area contributed by atoms with Gasteiger partial charge in [-0.25, -0.2) is 0 Å². The maximum atomic E-state index is 12.3. The lowest BCUT2D eigenvalue weighted by atomic mass is 10.0. The quantitative estimate of drug-likeness (QED) is 0.724. The first-order chi connectivity index (χ1) is 11.8. The highest BCUT2D eigenvalue weighted by Gasteiger charge is 2.17. The molecule has 0 unspecified atom stereocenters. The number of benzene rings is 2. The summed E-state index contributed by atoms with van der Waals surface area (Å²) in [7, 11) is 0. The van der Waals surface area contributed by atoms with E-state index in [1.807, 2.05) is 0 Å². The Balaban J connectivity index is 2.03. The molecule has 0 radical (unpaired) electrons. The fourth-order valence-electron chi connectivity index (χ4n) is 2.41. The van der Waals surface area contributed by atoms with Crippen molar-refractivity contribution >= 4 is 46.7 Å². The number of amides is 1. The Morgan fingerprint density at radius 3 is 2.24 bits per heavy atom. The third-order valence-corrected chi connectivity index (χ3v) is 4.39. The Labute approximate surface area is 160 Å². The lowest BCUT2D eigenvalue weighted by Gasteiger charge is -2.17. The first-order valence-corrected chi connectivity index (χ1v) is 8.66. The van der Waals surface area contributed by atoms with Crippen LogP contribution in [-0.4, -0.2) is 23.0 Å². The first kappa shape index (κ1) is 19.6. The lowest BCUT2D eigenvalue weighted by molar-refractivity contribution is -0.137. The monoisotopic (exact) mass is 399 g/mol. The molecule has 7 heteroatoms. The van der Waals surface area contributed by atoms with E-state index in [9.17, 15) is 9.59 Å². The van der Waals surface area contributed by atoms with Crippen LogP contribution >= 0.6 is 34.8 Å². The van der Waals surface area contributed by atoms with Crippen molar-refractivity contribution in [1.82, 2.24) is 5.32 Å². The van der Waals surface area contributed by atoms with Gasteiger partial charge >= 0.3 is 5.97 Å². The minimum absolute atomic E-state index is 0.0484. The van der Waals surface area contributed by atoms with Crippen molar-refractivity contribution in [2.24, 2.45) is 0 Å². The van der Waals surface area contributed by atoms with Crippen molar-refractivity contribution in [1.29, 1.82) is 0 Å². The summed E-state index contributed by atoms with van der Waals surface area (Å²) in [5.74, 6) is -1.28. The molecule has 2 aromatic rings. The number of hydrogen-bond acceptors (Lipinski definition) is 2. The Morgan fingerprint density at radius 1 is 1.00 bits per heavy atom. The van der Waals surface area contributed by atoms with Crippen molar-refractivity contribution in [2.75, 3.05) is 0 Å². The van der Waals surface area contributed by atoms with Gasteiger partial charge in [0.15, 0.2) is 0 Å². The summed E-state index contributed by atoms with van der Waals surface area (Å²) in [5.41, 5.74) is 1.52. The maximum absolute atomic E-state index is 12.3. The molecule has 2 aromatic carbocycles. The molecule has 0 saturated heterocycles. The number of rotatable bonds is 7. The molecule has 25 heavy (non-hydrogen) atoms. The van der Waals surface area contributed by atoms with Gasteiger partial charge in [-0.3, -0.25) is 9.59 Å². The number of aliphatic carboxylic acids is 1. The summed E-state index contributed by atoms with van der Waals surface area (Å²) in [4.78, 5) is 23.3. The molecule has 0 spiro atoms. The van der Waals surface area contributed by atoms with Crippen LogP contribution in [0.5, 0.6) is 0 Å². The smallest absolute Gasteiger partial charge is 0.305 e. The minimum Gasteiger partial charge on any atom is -0.481 e. The molecule has 4 nitrogen and oxygen atoms in total. The van der Waals surface area contributed by atoms with Crippen LogP contribution in [0.3, 0.4) is 0 Å². The van der Waals surface area contributed by atoms with Gasteiger partial charge in [-0.2, -0.15) is 0 Å². The predicted octanol–water partition coefficient (Wildman–Crippen LogP) is 4.39. The van der Waals surface area contributed by atoms with E-state index in [-0.39, 0.29) is 18.7 Å². The maximum Gasteiger partial charge on any atom is 0.305 e. The molecular formula is C18H16Cl3NO3. The van der Waals surface area contributed by atoms with Gasteiger partial charge in [-0.15, -0.1) is 0 Å². The van der Waals surface area contributed by atoms with Crippen LogP contribution in [0.25, 0.3) is 0 Å². The lowest BCUT2D eigenvalue weighted by Crippen LogP contribution is -2.39. The summed E-state index contributed by atoms with van der Waals surface area (Å²) in [5, 5.41) is 13.3. The molecule has 1 atom stereocenters. The Hall–Kier alpha value is -1.75. The highest BCUT2D eigenvalue weighted by Crippen LogP contribution is 2.21. The molecule has 0 fully saturated rings. The molecule has 0 aliphatic carbocycles. The number of nitrogens with one attached hydrogen (secondary N) is 1. The average Bonchev–Trinajstić information content (AvgIpc) is 2.51. The van der Waals surface area contributed by atoms with E-state index in [1.165, 1.54) is 0 Å². The normalized spacial score (nSPS) is 11.8. The number of halogens is 3. The fourth-order valence-corrected chi connectivity index (χ4v) is 3.01. The van der Waals surface area contributed by atoms with Crippen molar-refractivity contribution in [3.63, 3.8) is 0 Å². The fraction of sp³-hybridized carbons (Fsp3) is 0.222. The number of carboxylic acid groups (broad SMARTS) is 1. The predicted molar refractivity (Wildman–Crippen MR) is 99.5 cm³/mol. The van der Waals surface area contributed by atoms with Crippen LogP contribution in [0.1, 0.15) is 17.5 Å². The van der Waals surface area contributed by atoms with Crippen LogP contribution in [0.2, 0.25) is 15.1 Å². The Kier molecular flexibility index (Phi) is 7.12. The van der Waals surface area contributed by atoms with Crippen LogP contribution in [-0.2, 0) is 22.4 Å². The van der Waals surface area contributed by atoms with Crippen LogP contribution < -0.4 is 5.32 Å². The Morgan fingerprint density at radius 2 is 1.64 bits per heavy atom. The molecule has 0 aliphatic rings. The van der Waals surface area contributed by atoms with E-state index in [4.69, 9.17) is 39.9 Å². The topological polar surface area (TPSA) is 66.4 Å². The number of carbonyl (C=O) groups is 2. The largest absolute Gasteiger partial charge is 0.481 e. The highest BCUT2D eigenvalue weighted by molar-refractivity contribution is 6.35. The SMILES string of the molecule is O=C(O)C[C@H](Cc1ccc(Cl)cc1)NC(=O)Cc1ccc(Cl)cc1Cl. The molecule has 0 aromatic heterocycles. The van der Waals surface area contributed by atoms with Gasteiger partial charge in [0.25, 0.3) is 0 Å². The second-order valence-electron chi connectivity index (χ2n) is 5.61. The second-order valence-corrected chi connectivity index (χ2v) is 6.89. The second kappa shape index (κ2) is 9.09. The number of hydrogen-bond donors (Lipinski definition) is 2.